The summed E-state index contributed by atoms with van der Waals surface area (Å²) in [5.74, 6) is 0.785. The largest absolute Gasteiger partial charge is 0.497 e. The van der Waals surface area contributed by atoms with Crippen LogP contribution in [0.1, 0.15) is 26.7 Å². The zero-order valence-electron chi connectivity index (χ0n) is 15.4. The number of hydrogen-bond donors (Lipinski definition) is 1. The number of hydrogen-bond acceptors (Lipinski definition) is 4. The predicted molar refractivity (Wildman–Crippen MR) is 98.2 cm³/mol. The normalized spacial score (nSPS) is 27.3. The fourth-order valence-corrected chi connectivity index (χ4v) is 3.89. The number of benzene rings is 1. The van der Waals surface area contributed by atoms with Gasteiger partial charge >= 0.3 is 6.03 Å². The molecule has 0 unspecified atom stereocenters. The molecule has 0 bridgehead atoms. The van der Waals surface area contributed by atoms with E-state index in [0.717, 1.165) is 50.5 Å². The number of anilines is 1. The molecule has 2 saturated heterocycles. The number of rotatable bonds is 4. The first-order valence-corrected chi connectivity index (χ1v) is 9.14. The molecule has 2 heterocycles. The number of methoxy groups -OCH3 is 1. The molecular weight excluding hydrogens is 318 g/mol. The lowest BCUT2D eigenvalue weighted by Gasteiger charge is -2.38. The van der Waals surface area contributed by atoms with Crippen LogP contribution < -0.4 is 10.1 Å². The van der Waals surface area contributed by atoms with Gasteiger partial charge in [-0.3, -0.25) is 4.90 Å². The van der Waals surface area contributed by atoms with Crippen molar-refractivity contribution in [3.63, 3.8) is 0 Å². The Labute approximate surface area is 150 Å². The average molecular weight is 347 g/mol. The third-order valence-electron chi connectivity index (χ3n) is 4.94. The molecule has 0 aliphatic carbocycles. The van der Waals surface area contributed by atoms with E-state index in [1.165, 1.54) is 0 Å². The molecule has 6 heteroatoms. The second-order valence-electron chi connectivity index (χ2n) is 7.12. The van der Waals surface area contributed by atoms with E-state index in [1.807, 2.05) is 29.2 Å². The van der Waals surface area contributed by atoms with Crippen LogP contribution in [0.25, 0.3) is 0 Å². The zero-order valence-corrected chi connectivity index (χ0v) is 15.4. The predicted octanol–water partition coefficient (Wildman–Crippen LogP) is 2.80. The van der Waals surface area contributed by atoms with Crippen LogP contribution >= 0.6 is 0 Å². The van der Waals surface area contributed by atoms with Gasteiger partial charge in [-0.1, -0.05) is 0 Å². The highest BCUT2D eigenvalue weighted by atomic mass is 16.5. The van der Waals surface area contributed by atoms with Crippen molar-refractivity contribution in [2.24, 2.45) is 0 Å². The van der Waals surface area contributed by atoms with Gasteiger partial charge in [0.2, 0.25) is 0 Å². The van der Waals surface area contributed by atoms with Gasteiger partial charge in [0.05, 0.1) is 19.3 Å². The number of nitrogens with one attached hydrogen (secondary N) is 1. The van der Waals surface area contributed by atoms with Crippen molar-refractivity contribution in [1.82, 2.24) is 9.80 Å². The Kier molecular flexibility index (Phi) is 5.81. The van der Waals surface area contributed by atoms with E-state index in [9.17, 15) is 4.79 Å². The standard InChI is InChI=1S/C19H29N3O3/c1-14-11-21(12-15(2)25-14)13-17-5-4-10-22(17)19(23)20-16-6-8-18(24-3)9-7-16/h6-9,14-15,17H,4-5,10-13H2,1-3H3,(H,20,23)/t14-,15+,17-/m0/s1. The molecule has 2 fully saturated rings. The summed E-state index contributed by atoms with van der Waals surface area (Å²) in [7, 11) is 1.63. The second-order valence-corrected chi connectivity index (χ2v) is 7.12. The average Bonchev–Trinajstić information content (AvgIpc) is 3.03. The maximum absolute atomic E-state index is 12.7. The van der Waals surface area contributed by atoms with E-state index < -0.39 is 0 Å². The molecule has 6 nitrogen and oxygen atoms in total. The number of urea groups is 1. The number of morpholine rings is 1. The summed E-state index contributed by atoms with van der Waals surface area (Å²) in [5, 5.41) is 3.01. The maximum atomic E-state index is 12.7. The highest BCUT2D eigenvalue weighted by Crippen LogP contribution is 2.22. The second kappa shape index (κ2) is 8.06. The van der Waals surface area contributed by atoms with Gasteiger partial charge in [0.25, 0.3) is 0 Å². The first kappa shape index (κ1) is 18.0. The third-order valence-corrected chi connectivity index (χ3v) is 4.94. The van der Waals surface area contributed by atoms with E-state index in [-0.39, 0.29) is 24.3 Å². The van der Waals surface area contributed by atoms with Crippen LogP contribution in [0, 0.1) is 0 Å². The molecule has 1 N–H and O–H groups in total. The molecule has 25 heavy (non-hydrogen) atoms. The van der Waals surface area contributed by atoms with Gasteiger partial charge < -0.3 is 19.7 Å². The van der Waals surface area contributed by atoms with E-state index in [0.29, 0.717) is 0 Å². The molecule has 1 aromatic rings. The number of carbonyl (C=O) groups is 1. The summed E-state index contributed by atoms with van der Waals surface area (Å²) in [4.78, 5) is 17.1. The van der Waals surface area contributed by atoms with Crippen molar-refractivity contribution in [3.05, 3.63) is 24.3 Å². The molecule has 0 spiro atoms. The van der Waals surface area contributed by atoms with Crippen molar-refractivity contribution in [3.8, 4) is 5.75 Å². The molecule has 1 aromatic carbocycles. The van der Waals surface area contributed by atoms with Crippen molar-refractivity contribution < 1.29 is 14.3 Å². The first-order chi connectivity index (χ1) is 12.0. The SMILES string of the molecule is COc1ccc(NC(=O)N2CCC[C@H]2CN2C[C@@H](C)O[C@@H](C)C2)cc1. The van der Waals surface area contributed by atoms with E-state index >= 15 is 0 Å². The molecule has 138 valence electrons. The fraction of sp³-hybridized carbons (Fsp3) is 0.632. The van der Waals surface area contributed by atoms with Gasteiger partial charge in [-0.15, -0.1) is 0 Å². The van der Waals surface area contributed by atoms with Gasteiger partial charge in [-0.25, -0.2) is 4.79 Å². The summed E-state index contributed by atoms with van der Waals surface area (Å²) >= 11 is 0. The van der Waals surface area contributed by atoms with Crippen LogP contribution in [0.4, 0.5) is 10.5 Å². The van der Waals surface area contributed by atoms with Crippen LogP contribution in [0.5, 0.6) is 5.75 Å². The highest BCUT2D eigenvalue weighted by Gasteiger charge is 2.32. The van der Waals surface area contributed by atoms with Crippen LogP contribution in [0.3, 0.4) is 0 Å². The Hall–Kier alpha value is -1.79. The summed E-state index contributed by atoms with van der Waals surface area (Å²) in [6, 6.07) is 7.71. The Morgan fingerprint density at radius 1 is 1.24 bits per heavy atom. The molecular formula is C19H29N3O3. The Morgan fingerprint density at radius 2 is 1.92 bits per heavy atom. The quantitative estimate of drug-likeness (QED) is 0.910. The molecule has 2 aliphatic rings. The highest BCUT2D eigenvalue weighted by molar-refractivity contribution is 5.89. The van der Waals surface area contributed by atoms with Gasteiger partial charge in [0.15, 0.2) is 0 Å². The minimum absolute atomic E-state index is 0.0120. The van der Waals surface area contributed by atoms with Crippen LogP contribution in [-0.2, 0) is 4.74 Å². The minimum Gasteiger partial charge on any atom is -0.497 e. The summed E-state index contributed by atoms with van der Waals surface area (Å²) in [5.41, 5.74) is 0.796. The lowest BCUT2D eigenvalue weighted by atomic mass is 10.1. The molecule has 3 atom stereocenters. The number of ether oxygens (including phenoxy) is 2. The van der Waals surface area contributed by atoms with Gasteiger partial charge in [-0.2, -0.15) is 0 Å². The maximum Gasteiger partial charge on any atom is 0.322 e. The summed E-state index contributed by atoms with van der Waals surface area (Å²) in [6.07, 6.45) is 2.64. The number of nitrogens with zero attached hydrogens (tertiary/aromatic N) is 2. The lowest BCUT2D eigenvalue weighted by Crippen LogP contribution is -2.51. The van der Waals surface area contributed by atoms with Crippen molar-refractivity contribution in [2.45, 2.75) is 44.9 Å². The smallest absolute Gasteiger partial charge is 0.322 e. The summed E-state index contributed by atoms with van der Waals surface area (Å²) < 4.78 is 11.0. The monoisotopic (exact) mass is 347 g/mol. The Balaban J connectivity index is 1.57. The molecule has 0 aromatic heterocycles. The minimum atomic E-state index is -0.0120. The fourth-order valence-electron chi connectivity index (χ4n) is 3.89. The van der Waals surface area contributed by atoms with Crippen molar-refractivity contribution in [1.29, 1.82) is 0 Å². The summed E-state index contributed by atoms with van der Waals surface area (Å²) in [6.45, 7) is 7.86. The molecule has 3 rings (SSSR count). The van der Waals surface area contributed by atoms with Gasteiger partial charge in [0.1, 0.15) is 5.75 Å². The molecule has 2 aliphatic heterocycles. The first-order valence-electron chi connectivity index (χ1n) is 9.14. The number of carbonyl (C=O) groups excluding carboxylic acids is 1. The van der Waals surface area contributed by atoms with Gasteiger partial charge in [-0.05, 0) is 51.0 Å². The van der Waals surface area contributed by atoms with E-state index in [4.69, 9.17) is 9.47 Å². The van der Waals surface area contributed by atoms with E-state index in [2.05, 4.69) is 24.1 Å². The van der Waals surface area contributed by atoms with Gasteiger partial charge in [0, 0.05) is 37.9 Å². The molecule has 0 radical (unpaired) electrons. The number of likely N-dealkylation sites (tertiary alicyclic amines) is 1. The lowest BCUT2D eigenvalue weighted by molar-refractivity contribution is -0.0712. The van der Waals surface area contributed by atoms with E-state index in [1.54, 1.807) is 7.11 Å². The Bertz CT molecular complexity index is 568. The molecule has 2 amide bonds. The van der Waals surface area contributed by atoms with Crippen LogP contribution in [0.15, 0.2) is 24.3 Å². The third kappa shape index (κ3) is 4.64. The van der Waals surface area contributed by atoms with Crippen LogP contribution in [0.2, 0.25) is 0 Å². The van der Waals surface area contributed by atoms with Crippen molar-refractivity contribution in [2.75, 3.05) is 38.6 Å². The Morgan fingerprint density at radius 3 is 2.56 bits per heavy atom. The molecule has 0 saturated carbocycles. The van der Waals surface area contributed by atoms with Crippen LogP contribution in [-0.4, -0.2) is 67.4 Å². The zero-order chi connectivity index (χ0) is 17.8. The number of amides is 2. The van der Waals surface area contributed by atoms with Crippen molar-refractivity contribution >= 4 is 11.7 Å². The topological polar surface area (TPSA) is 54.0 Å².